The summed E-state index contributed by atoms with van der Waals surface area (Å²) in [5, 5.41) is 8.82. The maximum Gasteiger partial charge on any atom is 0.328 e. The maximum absolute atomic E-state index is 13.9. The average Bonchev–Trinajstić information content (AvgIpc) is 2.21. The highest BCUT2D eigenvalue weighted by Crippen LogP contribution is 2.43. The van der Waals surface area contributed by atoms with Crippen molar-refractivity contribution < 1.29 is 14.3 Å². The summed E-state index contributed by atoms with van der Waals surface area (Å²) in [6.45, 7) is 3.99. The highest BCUT2D eigenvalue weighted by atomic mass is 19.1. The van der Waals surface area contributed by atoms with Crippen molar-refractivity contribution in [1.29, 1.82) is 0 Å². The summed E-state index contributed by atoms with van der Waals surface area (Å²) in [5.41, 5.74) is 1.85. The lowest BCUT2D eigenvalue weighted by Crippen LogP contribution is -2.25. The van der Waals surface area contributed by atoms with Crippen LogP contribution in [0.3, 0.4) is 0 Å². The van der Waals surface area contributed by atoms with Gasteiger partial charge in [0.1, 0.15) is 5.82 Å². The van der Waals surface area contributed by atoms with Gasteiger partial charge in [0, 0.05) is 11.6 Å². The lowest BCUT2D eigenvalue weighted by molar-refractivity contribution is -0.131. The van der Waals surface area contributed by atoms with Crippen molar-refractivity contribution >= 4 is 11.5 Å². The second-order valence-corrected chi connectivity index (χ2v) is 5.05. The minimum absolute atomic E-state index is 0.240. The number of rotatable bonds is 1. The molecule has 1 aromatic carbocycles. The molecule has 0 amide bonds. The Labute approximate surface area is 99.8 Å². The molecule has 2 rings (SSSR count). The SMILES string of the molecule is CC1(C)CC/C(=C\C(=O)O)c2cccc(F)c21. The van der Waals surface area contributed by atoms with Crippen LogP contribution in [0.4, 0.5) is 4.39 Å². The molecule has 17 heavy (non-hydrogen) atoms. The number of hydrogen-bond acceptors (Lipinski definition) is 1. The first-order valence-electron chi connectivity index (χ1n) is 5.65. The largest absolute Gasteiger partial charge is 0.478 e. The molecular formula is C14H15FO2. The van der Waals surface area contributed by atoms with E-state index in [4.69, 9.17) is 5.11 Å². The summed E-state index contributed by atoms with van der Waals surface area (Å²) in [4.78, 5) is 10.8. The molecule has 0 bridgehead atoms. The number of allylic oxidation sites excluding steroid dienone is 1. The van der Waals surface area contributed by atoms with Crippen LogP contribution in [0.25, 0.3) is 5.57 Å². The molecule has 0 atom stereocenters. The van der Waals surface area contributed by atoms with Crippen LogP contribution in [0.1, 0.15) is 37.8 Å². The minimum atomic E-state index is -0.977. The van der Waals surface area contributed by atoms with Gasteiger partial charge in [-0.25, -0.2) is 9.18 Å². The zero-order valence-corrected chi connectivity index (χ0v) is 9.96. The summed E-state index contributed by atoms with van der Waals surface area (Å²) in [6.07, 6.45) is 2.63. The van der Waals surface area contributed by atoms with E-state index in [-0.39, 0.29) is 11.2 Å². The van der Waals surface area contributed by atoms with E-state index in [1.807, 2.05) is 13.8 Å². The van der Waals surface area contributed by atoms with Crippen molar-refractivity contribution in [2.24, 2.45) is 0 Å². The second kappa shape index (κ2) is 3.99. The van der Waals surface area contributed by atoms with Crippen molar-refractivity contribution in [3.8, 4) is 0 Å². The predicted octanol–water partition coefficient (Wildman–Crippen LogP) is 3.37. The average molecular weight is 234 g/mol. The standard InChI is InChI=1S/C14H15FO2/c1-14(2)7-6-9(8-12(16)17)10-4-3-5-11(15)13(10)14/h3-5,8H,6-7H2,1-2H3,(H,16,17)/b9-8+. The smallest absolute Gasteiger partial charge is 0.328 e. The fraction of sp³-hybridized carbons (Fsp3) is 0.357. The Morgan fingerprint density at radius 2 is 2.18 bits per heavy atom. The van der Waals surface area contributed by atoms with E-state index < -0.39 is 5.97 Å². The summed E-state index contributed by atoms with van der Waals surface area (Å²) >= 11 is 0. The van der Waals surface area contributed by atoms with Gasteiger partial charge in [0.2, 0.25) is 0 Å². The van der Waals surface area contributed by atoms with E-state index >= 15 is 0 Å². The van der Waals surface area contributed by atoms with E-state index in [0.717, 1.165) is 12.0 Å². The van der Waals surface area contributed by atoms with Gasteiger partial charge in [-0.3, -0.25) is 0 Å². The molecule has 0 aliphatic heterocycles. The van der Waals surface area contributed by atoms with Crippen molar-refractivity contribution in [2.45, 2.75) is 32.1 Å². The van der Waals surface area contributed by atoms with Gasteiger partial charge < -0.3 is 5.11 Å². The molecule has 1 aliphatic rings. The molecule has 3 heteroatoms. The molecule has 0 aromatic heterocycles. The maximum atomic E-state index is 13.9. The van der Waals surface area contributed by atoms with Gasteiger partial charge in [0.05, 0.1) is 0 Å². The van der Waals surface area contributed by atoms with Gasteiger partial charge >= 0.3 is 5.97 Å². The van der Waals surface area contributed by atoms with Crippen LogP contribution in [-0.2, 0) is 10.2 Å². The van der Waals surface area contributed by atoms with Crippen LogP contribution in [0.15, 0.2) is 24.3 Å². The van der Waals surface area contributed by atoms with Crippen molar-refractivity contribution in [1.82, 2.24) is 0 Å². The van der Waals surface area contributed by atoms with Gasteiger partial charge in [-0.1, -0.05) is 26.0 Å². The van der Waals surface area contributed by atoms with Crippen LogP contribution in [0, 0.1) is 5.82 Å². The highest BCUT2D eigenvalue weighted by molar-refractivity contribution is 5.91. The molecule has 0 saturated carbocycles. The van der Waals surface area contributed by atoms with Crippen molar-refractivity contribution in [3.05, 3.63) is 41.2 Å². The normalized spacial score (nSPS) is 20.1. The number of fused-ring (bicyclic) bond motifs is 1. The first kappa shape index (κ1) is 11.8. The van der Waals surface area contributed by atoms with Crippen LogP contribution in [0.5, 0.6) is 0 Å². The van der Waals surface area contributed by atoms with Crippen LogP contribution >= 0.6 is 0 Å². The molecule has 1 aliphatic carbocycles. The first-order valence-corrected chi connectivity index (χ1v) is 5.65. The molecular weight excluding hydrogens is 219 g/mol. The summed E-state index contributed by atoms with van der Waals surface area (Å²) in [7, 11) is 0. The number of halogens is 1. The van der Waals surface area contributed by atoms with Crippen molar-refractivity contribution in [3.63, 3.8) is 0 Å². The number of carbonyl (C=O) groups is 1. The lowest BCUT2D eigenvalue weighted by atomic mass is 9.70. The van der Waals surface area contributed by atoms with Gasteiger partial charge in [-0.15, -0.1) is 0 Å². The van der Waals surface area contributed by atoms with E-state index in [0.29, 0.717) is 17.6 Å². The summed E-state index contributed by atoms with van der Waals surface area (Å²) < 4.78 is 13.9. The third kappa shape index (κ3) is 2.09. The predicted molar refractivity (Wildman–Crippen MR) is 64.3 cm³/mol. The summed E-state index contributed by atoms with van der Waals surface area (Å²) in [5.74, 6) is -1.22. The molecule has 0 spiro atoms. The molecule has 1 aromatic rings. The molecule has 0 saturated heterocycles. The second-order valence-electron chi connectivity index (χ2n) is 5.05. The molecule has 0 unspecified atom stereocenters. The number of benzene rings is 1. The molecule has 2 nitrogen and oxygen atoms in total. The monoisotopic (exact) mass is 234 g/mol. The molecule has 90 valence electrons. The van der Waals surface area contributed by atoms with E-state index in [2.05, 4.69) is 0 Å². The number of carboxylic acid groups (broad SMARTS) is 1. The topological polar surface area (TPSA) is 37.3 Å². The van der Waals surface area contributed by atoms with E-state index in [1.54, 1.807) is 12.1 Å². The Hall–Kier alpha value is -1.64. The molecule has 0 heterocycles. The molecule has 0 fully saturated rings. The van der Waals surface area contributed by atoms with Crippen LogP contribution in [0.2, 0.25) is 0 Å². The Morgan fingerprint density at radius 1 is 1.47 bits per heavy atom. The Kier molecular flexibility index (Phi) is 2.77. The summed E-state index contributed by atoms with van der Waals surface area (Å²) in [6, 6.07) is 4.86. The van der Waals surface area contributed by atoms with E-state index in [1.165, 1.54) is 12.1 Å². The van der Waals surface area contributed by atoms with E-state index in [9.17, 15) is 9.18 Å². The Morgan fingerprint density at radius 3 is 2.82 bits per heavy atom. The number of carboxylic acids is 1. The molecule has 0 radical (unpaired) electrons. The number of aliphatic carboxylic acids is 1. The fourth-order valence-electron chi connectivity index (χ4n) is 2.49. The zero-order chi connectivity index (χ0) is 12.6. The lowest BCUT2D eigenvalue weighted by Gasteiger charge is -2.34. The van der Waals surface area contributed by atoms with Crippen molar-refractivity contribution in [2.75, 3.05) is 0 Å². The highest BCUT2D eigenvalue weighted by Gasteiger charge is 2.32. The zero-order valence-electron chi connectivity index (χ0n) is 9.96. The number of hydrogen-bond donors (Lipinski definition) is 1. The first-order chi connectivity index (χ1) is 7.92. The van der Waals surface area contributed by atoms with Gasteiger partial charge in [0.15, 0.2) is 0 Å². The molecule has 1 N–H and O–H groups in total. The fourth-order valence-corrected chi connectivity index (χ4v) is 2.49. The van der Waals surface area contributed by atoms with Gasteiger partial charge in [-0.2, -0.15) is 0 Å². The van der Waals surface area contributed by atoms with Crippen LogP contribution < -0.4 is 0 Å². The Bertz CT molecular complexity index is 501. The third-order valence-corrected chi connectivity index (χ3v) is 3.35. The quantitative estimate of drug-likeness (QED) is 0.756. The van der Waals surface area contributed by atoms with Gasteiger partial charge in [0.25, 0.3) is 0 Å². The Balaban J connectivity index is 2.64. The van der Waals surface area contributed by atoms with Gasteiger partial charge in [-0.05, 0) is 35.5 Å². The third-order valence-electron chi connectivity index (χ3n) is 3.35. The van der Waals surface area contributed by atoms with Crippen LogP contribution in [-0.4, -0.2) is 11.1 Å². The minimum Gasteiger partial charge on any atom is -0.478 e.